The van der Waals surface area contributed by atoms with Gasteiger partial charge in [-0.25, -0.2) is 4.90 Å². The lowest BCUT2D eigenvalue weighted by atomic mass is 9.90. The fraction of sp³-hybridized carbons (Fsp3) is 0.136. The summed E-state index contributed by atoms with van der Waals surface area (Å²) in [6, 6.07) is 14.1. The molecule has 2 amide bonds. The fourth-order valence-electron chi connectivity index (χ4n) is 3.50. The third-order valence-electron chi connectivity index (χ3n) is 5.04. The van der Waals surface area contributed by atoms with Crippen molar-refractivity contribution in [2.24, 2.45) is 0 Å². The Hall–Kier alpha value is -3.27. The van der Waals surface area contributed by atoms with Gasteiger partial charge in [-0.2, -0.15) is 0 Å². The van der Waals surface area contributed by atoms with Crippen LogP contribution >= 0.6 is 0 Å². The molecule has 0 atom stereocenters. The minimum atomic E-state index is -0.364. The first-order valence-electron chi connectivity index (χ1n) is 8.43. The lowest BCUT2D eigenvalue weighted by molar-refractivity contribution is 0.0892. The molecule has 4 heteroatoms. The van der Waals surface area contributed by atoms with E-state index < -0.39 is 0 Å². The number of carbonyl (C=O) groups is 3. The lowest BCUT2D eigenvalue weighted by Crippen LogP contribution is -2.40. The zero-order valence-electron chi connectivity index (χ0n) is 14.8. The first kappa shape index (κ1) is 16.2. The first-order chi connectivity index (χ1) is 12.4. The molecule has 3 aromatic rings. The fourth-order valence-corrected chi connectivity index (χ4v) is 3.50. The molecule has 26 heavy (non-hydrogen) atoms. The Morgan fingerprint density at radius 1 is 0.846 bits per heavy atom. The summed E-state index contributed by atoms with van der Waals surface area (Å²) in [7, 11) is 0. The highest BCUT2D eigenvalue weighted by atomic mass is 16.2. The van der Waals surface area contributed by atoms with Gasteiger partial charge in [-0.05, 0) is 67.6 Å². The smallest absolute Gasteiger partial charge is 0.265 e. The summed E-state index contributed by atoms with van der Waals surface area (Å²) < 4.78 is 0. The van der Waals surface area contributed by atoms with Crippen LogP contribution in [0.15, 0.2) is 48.5 Å². The highest BCUT2D eigenvalue weighted by Crippen LogP contribution is 2.35. The Bertz CT molecular complexity index is 1110. The number of carbonyl (C=O) groups excluding carboxylic acids is 3. The second-order valence-electron chi connectivity index (χ2n) is 6.66. The molecule has 0 radical (unpaired) electrons. The Balaban J connectivity index is 1.98. The zero-order valence-corrected chi connectivity index (χ0v) is 14.8. The van der Waals surface area contributed by atoms with Gasteiger partial charge in [-0.3, -0.25) is 14.4 Å². The summed E-state index contributed by atoms with van der Waals surface area (Å²) in [6.07, 6.45) is 0. The molecule has 0 saturated heterocycles. The predicted octanol–water partition coefficient (Wildman–Crippen LogP) is 4.46. The maximum Gasteiger partial charge on any atom is 0.265 e. The molecule has 1 heterocycles. The second-order valence-corrected chi connectivity index (χ2v) is 6.66. The number of aryl methyl sites for hydroxylation is 2. The summed E-state index contributed by atoms with van der Waals surface area (Å²) in [4.78, 5) is 39.4. The number of ketones is 1. The molecule has 0 saturated carbocycles. The van der Waals surface area contributed by atoms with Crippen molar-refractivity contribution in [3.63, 3.8) is 0 Å². The van der Waals surface area contributed by atoms with Gasteiger partial charge in [0.05, 0.1) is 5.69 Å². The Kier molecular flexibility index (Phi) is 3.51. The van der Waals surface area contributed by atoms with Crippen LogP contribution in [0, 0.1) is 13.8 Å². The third-order valence-corrected chi connectivity index (χ3v) is 5.04. The van der Waals surface area contributed by atoms with Crippen LogP contribution in [0.25, 0.3) is 10.8 Å². The molecule has 0 unspecified atom stereocenters. The standard InChI is InChI=1S/C22H17NO3/c1-12-7-8-15(11-13(12)2)23-21(25)18-6-4-5-17-16(14(3)24)9-10-19(20(17)18)22(23)26/h4-11H,1-3H3. The van der Waals surface area contributed by atoms with Crippen molar-refractivity contribution in [1.82, 2.24) is 0 Å². The molecule has 0 bridgehead atoms. The van der Waals surface area contributed by atoms with Crippen molar-refractivity contribution < 1.29 is 14.4 Å². The number of anilines is 1. The van der Waals surface area contributed by atoms with E-state index in [9.17, 15) is 14.4 Å². The van der Waals surface area contributed by atoms with Crippen LogP contribution in [-0.4, -0.2) is 17.6 Å². The van der Waals surface area contributed by atoms with Crippen LogP contribution in [0.4, 0.5) is 5.69 Å². The van der Waals surface area contributed by atoms with Crippen LogP contribution in [0.2, 0.25) is 0 Å². The van der Waals surface area contributed by atoms with E-state index in [1.54, 1.807) is 36.4 Å². The van der Waals surface area contributed by atoms with E-state index in [0.717, 1.165) is 11.1 Å². The van der Waals surface area contributed by atoms with Crippen LogP contribution in [0.3, 0.4) is 0 Å². The van der Waals surface area contributed by atoms with E-state index in [-0.39, 0.29) is 17.6 Å². The van der Waals surface area contributed by atoms with E-state index >= 15 is 0 Å². The molecule has 4 nitrogen and oxygen atoms in total. The molecule has 0 N–H and O–H groups in total. The normalized spacial score (nSPS) is 13.4. The number of rotatable bonds is 2. The van der Waals surface area contributed by atoms with Crippen molar-refractivity contribution in [1.29, 1.82) is 0 Å². The summed E-state index contributed by atoms with van der Waals surface area (Å²) in [5.74, 6) is -0.820. The minimum Gasteiger partial charge on any atom is -0.294 e. The monoisotopic (exact) mass is 343 g/mol. The van der Waals surface area contributed by atoms with Crippen molar-refractivity contribution >= 4 is 34.1 Å². The van der Waals surface area contributed by atoms with Crippen LogP contribution < -0.4 is 4.90 Å². The van der Waals surface area contributed by atoms with Crippen LogP contribution in [0.1, 0.15) is 49.1 Å². The largest absolute Gasteiger partial charge is 0.294 e. The minimum absolute atomic E-state index is 0.0924. The average Bonchev–Trinajstić information content (AvgIpc) is 2.62. The number of hydrogen-bond donors (Lipinski definition) is 0. The number of hydrogen-bond acceptors (Lipinski definition) is 3. The van der Waals surface area contributed by atoms with Gasteiger partial charge < -0.3 is 0 Å². The summed E-state index contributed by atoms with van der Waals surface area (Å²) in [6.45, 7) is 5.42. The molecule has 1 aliphatic rings. The maximum atomic E-state index is 13.1. The quantitative estimate of drug-likeness (QED) is 0.510. The maximum absolute atomic E-state index is 13.1. The molecular formula is C22H17NO3. The van der Waals surface area contributed by atoms with Crippen molar-refractivity contribution in [3.8, 4) is 0 Å². The Morgan fingerprint density at radius 3 is 2.19 bits per heavy atom. The van der Waals surface area contributed by atoms with Gasteiger partial charge in [0, 0.05) is 22.1 Å². The van der Waals surface area contributed by atoms with Gasteiger partial charge >= 0.3 is 0 Å². The molecule has 128 valence electrons. The highest BCUT2D eigenvalue weighted by molar-refractivity contribution is 6.36. The number of benzene rings is 3. The second kappa shape index (κ2) is 5.63. The van der Waals surface area contributed by atoms with Crippen molar-refractivity contribution in [3.05, 3.63) is 76.3 Å². The van der Waals surface area contributed by atoms with Gasteiger partial charge in [0.15, 0.2) is 5.78 Å². The molecule has 1 aliphatic heterocycles. The number of Topliss-reactive ketones (excluding diaryl/α,β-unsaturated/α-hetero) is 1. The molecule has 0 aliphatic carbocycles. The number of amides is 2. The molecule has 3 aromatic carbocycles. The molecule has 0 aromatic heterocycles. The molecule has 0 fully saturated rings. The van der Waals surface area contributed by atoms with Crippen LogP contribution in [0.5, 0.6) is 0 Å². The molecular weight excluding hydrogens is 326 g/mol. The SMILES string of the molecule is CC(=O)c1ccc2c3c(cccc13)C(=O)N(c1ccc(C)c(C)c1)C2=O. The van der Waals surface area contributed by atoms with E-state index in [2.05, 4.69) is 0 Å². The predicted molar refractivity (Wildman–Crippen MR) is 101 cm³/mol. The Labute approximate surface area is 151 Å². The van der Waals surface area contributed by atoms with Gasteiger partial charge in [0.1, 0.15) is 0 Å². The van der Waals surface area contributed by atoms with Gasteiger partial charge in [0.2, 0.25) is 0 Å². The topological polar surface area (TPSA) is 54.5 Å². The summed E-state index contributed by atoms with van der Waals surface area (Å²) >= 11 is 0. The summed E-state index contributed by atoms with van der Waals surface area (Å²) in [5.41, 5.74) is 4.07. The summed E-state index contributed by atoms with van der Waals surface area (Å²) in [5, 5.41) is 1.21. The van der Waals surface area contributed by atoms with Gasteiger partial charge in [-0.15, -0.1) is 0 Å². The molecule has 0 spiro atoms. The van der Waals surface area contributed by atoms with E-state index in [0.29, 0.717) is 33.2 Å². The average molecular weight is 343 g/mol. The van der Waals surface area contributed by atoms with Gasteiger partial charge in [0.25, 0.3) is 11.8 Å². The van der Waals surface area contributed by atoms with E-state index in [1.807, 2.05) is 26.0 Å². The van der Waals surface area contributed by atoms with Crippen molar-refractivity contribution in [2.45, 2.75) is 20.8 Å². The van der Waals surface area contributed by atoms with E-state index in [1.165, 1.54) is 11.8 Å². The number of imide groups is 1. The third kappa shape index (κ3) is 2.19. The number of nitrogens with zero attached hydrogens (tertiary/aromatic N) is 1. The lowest BCUT2D eigenvalue weighted by Gasteiger charge is -2.28. The van der Waals surface area contributed by atoms with Crippen LogP contribution in [-0.2, 0) is 0 Å². The van der Waals surface area contributed by atoms with Gasteiger partial charge in [-0.1, -0.05) is 18.2 Å². The van der Waals surface area contributed by atoms with Crippen molar-refractivity contribution in [2.75, 3.05) is 4.90 Å². The highest BCUT2D eigenvalue weighted by Gasteiger charge is 2.34. The zero-order chi connectivity index (χ0) is 18.6. The first-order valence-corrected chi connectivity index (χ1v) is 8.43. The van der Waals surface area contributed by atoms with E-state index in [4.69, 9.17) is 0 Å². The Morgan fingerprint density at radius 2 is 1.54 bits per heavy atom. The molecule has 4 rings (SSSR count).